The molecule has 0 bridgehead atoms. The first-order chi connectivity index (χ1) is 14.7. The van der Waals surface area contributed by atoms with Gasteiger partial charge in [0.2, 0.25) is 0 Å². The van der Waals surface area contributed by atoms with Gasteiger partial charge in [0.15, 0.2) is 6.29 Å². The maximum absolute atomic E-state index is 13.4. The fourth-order valence-electron chi connectivity index (χ4n) is 3.32. The van der Waals surface area contributed by atoms with Crippen molar-refractivity contribution in [3.63, 3.8) is 0 Å². The van der Waals surface area contributed by atoms with Gasteiger partial charge in [0.1, 0.15) is 60.5 Å². The smallest absolute Gasteiger partial charge is 0.187 e. The van der Waals surface area contributed by atoms with E-state index in [1.165, 1.54) is 6.07 Å². The molecule has 0 aliphatic carbocycles. The molecule has 1 saturated heterocycles. The number of aliphatic hydroxyl groups excluding tert-OH is 8. The van der Waals surface area contributed by atoms with Gasteiger partial charge in [-0.15, -0.1) is 0 Å². The predicted octanol–water partition coefficient (Wildman–Crippen LogP) is -3.37. The first-order valence-electron chi connectivity index (χ1n) is 9.44. The lowest BCUT2D eigenvalue weighted by molar-refractivity contribution is -0.327. The molecule has 2 aromatic rings. The number of halogens is 1. The largest absolute Gasteiger partial charge is 0.394 e. The molecular weight excluding hydrogens is 423 g/mol. The van der Waals surface area contributed by atoms with Gasteiger partial charge in [0.05, 0.1) is 24.2 Å². The Hall–Kier alpha value is -1.78. The van der Waals surface area contributed by atoms with Crippen molar-refractivity contribution in [1.29, 1.82) is 0 Å². The van der Waals surface area contributed by atoms with Gasteiger partial charge in [-0.3, -0.25) is 0 Å². The Kier molecular flexibility index (Phi) is 7.54. The third-order valence-corrected chi connectivity index (χ3v) is 5.11. The molecule has 9 N–H and O–H groups in total. The second-order valence-corrected chi connectivity index (χ2v) is 7.27. The molecule has 3 rings (SSSR count). The summed E-state index contributed by atoms with van der Waals surface area (Å²) in [4.78, 5) is 6.66. The van der Waals surface area contributed by atoms with Gasteiger partial charge >= 0.3 is 0 Å². The fraction of sp³-hybridized carbons (Fsp3) is 0.611. The number of ether oxygens (including phenoxy) is 2. The Balaban J connectivity index is 1.82. The zero-order valence-corrected chi connectivity index (χ0v) is 16.1. The zero-order valence-electron chi connectivity index (χ0n) is 16.1. The lowest BCUT2D eigenvalue weighted by Crippen LogP contribution is -2.61. The van der Waals surface area contributed by atoms with Gasteiger partial charge < -0.3 is 55.3 Å². The van der Waals surface area contributed by atoms with Crippen molar-refractivity contribution in [1.82, 2.24) is 9.97 Å². The highest BCUT2D eigenvalue weighted by Crippen LogP contribution is 2.28. The summed E-state index contributed by atoms with van der Waals surface area (Å²) in [6.07, 6.45) is -15.7. The highest BCUT2D eigenvalue weighted by Gasteiger charge is 2.47. The van der Waals surface area contributed by atoms with E-state index in [0.29, 0.717) is 0 Å². The predicted molar refractivity (Wildman–Crippen MR) is 98.8 cm³/mol. The van der Waals surface area contributed by atoms with Gasteiger partial charge in [0.25, 0.3) is 0 Å². The number of aromatic nitrogens is 2. The molecule has 0 radical (unpaired) electrons. The SMILES string of the molecule is OCC1O[C@H](O[C@H](C(O)CO)[C@H](O)C(O)c2nc3ccc(F)cc3[nH]2)C(O)[C@@H](O)[C@@H]1O. The summed E-state index contributed by atoms with van der Waals surface area (Å²) in [5.41, 5.74) is 0.520. The Morgan fingerprint density at radius 2 is 1.81 bits per heavy atom. The van der Waals surface area contributed by atoms with Crippen molar-refractivity contribution in [2.45, 2.75) is 55.1 Å². The van der Waals surface area contributed by atoms with Crippen LogP contribution < -0.4 is 0 Å². The number of fused-ring (bicyclic) bond motifs is 1. The lowest BCUT2D eigenvalue weighted by atomic mass is 9.98. The van der Waals surface area contributed by atoms with Crippen molar-refractivity contribution < 1.29 is 54.7 Å². The van der Waals surface area contributed by atoms with Crippen molar-refractivity contribution in [2.24, 2.45) is 0 Å². The molecule has 9 atom stereocenters. The normalized spacial score (nSPS) is 30.8. The minimum atomic E-state index is -1.94. The van der Waals surface area contributed by atoms with E-state index < -0.39 is 74.2 Å². The molecule has 2 heterocycles. The van der Waals surface area contributed by atoms with Crippen molar-refractivity contribution in [2.75, 3.05) is 13.2 Å². The van der Waals surface area contributed by atoms with E-state index in [1.807, 2.05) is 0 Å². The van der Waals surface area contributed by atoms with Crippen LogP contribution in [-0.2, 0) is 9.47 Å². The number of imidazole rings is 1. The molecule has 1 aromatic carbocycles. The summed E-state index contributed by atoms with van der Waals surface area (Å²) in [7, 11) is 0. The van der Waals surface area contributed by atoms with Crippen LogP contribution in [0.25, 0.3) is 11.0 Å². The molecule has 1 fully saturated rings. The maximum Gasteiger partial charge on any atom is 0.187 e. The van der Waals surface area contributed by atoms with Gasteiger partial charge in [-0.2, -0.15) is 0 Å². The summed E-state index contributed by atoms with van der Waals surface area (Å²) in [5.74, 6) is -0.752. The van der Waals surface area contributed by atoms with E-state index >= 15 is 0 Å². The van der Waals surface area contributed by atoms with Crippen LogP contribution in [0.3, 0.4) is 0 Å². The second kappa shape index (κ2) is 9.79. The lowest BCUT2D eigenvalue weighted by Gasteiger charge is -2.42. The molecule has 13 heteroatoms. The number of nitrogens with one attached hydrogen (secondary N) is 1. The van der Waals surface area contributed by atoms with Crippen LogP contribution in [0.15, 0.2) is 18.2 Å². The van der Waals surface area contributed by atoms with E-state index in [2.05, 4.69) is 9.97 Å². The molecule has 0 saturated carbocycles. The molecule has 1 aromatic heterocycles. The topological polar surface area (TPSA) is 209 Å². The van der Waals surface area contributed by atoms with Crippen LogP contribution in [0, 0.1) is 5.82 Å². The van der Waals surface area contributed by atoms with E-state index in [0.717, 1.165) is 12.1 Å². The molecule has 4 unspecified atom stereocenters. The van der Waals surface area contributed by atoms with Crippen LogP contribution in [-0.4, -0.2) is 113 Å². The number of H-pyrrole nitrogens is 1. The first-order valence-corrected chi connectivity index (χ1v) is 9.44. The Morgan fingerprint density at radius 1 is 1.10 bits per heavy atom. The van der Waals surface area contributed by atoms with E-state index in [4.69, 9.17) is 9.47 Å². The van der Waals surface area contributed by atoms with Crippen molar-refractivity contribution >= 4 is 11.0 Å². The average Bonchev–Trinajstić information content (AvgIpc) is 3.18. The highest BCUT2D eigenvalue weighted by atomic mass is 19.1. The quantitative estimate of drug-likeness (QED) is 0.195. The molecular formula is C18H25FN2O10. The standard InChI is InChI=1S/C18H25FN2O10/c19-6-1-2-7-8(3-6)21-17(20-7)14(28)13(27)16(9(24)4-22)31-18-15(29)12(26)11(25)10(5-23)30-18/h1-3,9-16,18,22-29H,4-5H2,(H,20,21)/t9?,10?,11-,12+,13-,14?,15?,16-,18-/m1/s1. The maximum atomic E-state index is 13.4. The number of rotatable bonds is 8. The van der Waals surface area contributed by atoms with Crippen LogP contribution in [0.2, 0.25) is 0 Å². The van der Waals surface area contributed by atoms with Crippen molar-refractivity contribution in [3.05, 3.63) is 29.8 Å². The van der Waals surface area contributed by atoms with Crippen LogP contribution in [0.5, 0.6) is 0 Å². The molecule has 31 heavy (non-hydrogen) atoms. The van der Waals surface area contributed by atoms with Crippen LogP contribution >= 0.6 is 0 Å². The summed E-state index contributed by atoms with van der Waals surface area (Å²) in [6.45, 7) is -1.66. The van der Waals surface area contributed by atoms with Gasteiger partial charge in [0, 0.05) is 0 Å². The van der Waals surface area contributed by atoms with Crippen LogP contribution in [0.1, 0.15) is 11.9 Å². The van der Waals surface area contributed by atoms with Crippen LogP contribution in [0.4, 0.5) is 4.39 Å². The number of nitrogens with zero attached hydrogens (tertiary/aromatic N) is 1. The number of aromatic amines is 1. The third-order valence-electron chi connectivity index (χ3n) is 5.11. The minimum Gasteiger partial charge on any atom is -0.394 e. The molecule has 174 valence electrons. The summed E-state index contributed by atoms with van der Waals surface area (Å²) >= 11 is 0. The fourth-order valence-corrected chi connectivity index (χ4v) is 3.32. The third kappa shape index (κ3) is 4.85. The van der Waals surface area contributed by atoms with E-state index in [9.17, 15) is 45.2 Å². The number of benzene rings is 1. The number of hydrogen-bond donors (Lipinski definition) is 9. The van der Waals surface area contributed by atoms with Gasteiger partial charge in [-0.05, 0) is 18.2 Å². The molecule has 0 amide bonds. The van der Waals surface area contributed by atoms with Gasteiger partial charge in [-0.1, -0.05) is 0 Å². The molecule has 12 nitrogen and oxygen atoms in total. The average molecular weight is 448 g/mol. The van der Waals surface area contributed by atoms with E-state index in [1.54, 1.807) is 0 Å². The number of hydrogen-bond acceptors (Lipinski definition) is 11. The summed E-state index contributed by atoms with van der Waals surface area (Å²) < 4.78 is 23.9. The molecule has 1 aliphatic rings. The second-order valence-electron chi connectivity index (χ2n) is 7.27. The zero-order chi connectivity index (χ0) is 22.9. The Bertz CT molecular complexity index is 867. The van der Waals surface area contributed by atoms with Crippen molar-refractivity contribution in [3.8, 4) is 0 Å². The van der Waals surface area contributed by atoms with E-state index in [-0.39, 0.29) is 16.9 Å². The summed E-state index contributed by atoms with van der Waals surface area (Å²) in [5, 5.41) is 79.6. The number of aliphatic hydroxyl groups is 8. The van der Waals surface area contributed by atoms with Gasteiger partial charge in [-0.25, -0.2) is 9.37 Å². The highest BCUT2D eigenvalue weighted by molar-refractivity contribution is 5.75. The molecule has 1 aliphatic heterocycles. The minimum absolute atomic E-state index is 0.194. The molecule has 0 spiro atoms. The summed E-state index contributed by atoms with van der Waals surface area (Å²) in [6, 6.07) is 3.61. The Morgan fingerprint density at radius 3 is 2.45 bits per heavy atom. The monoisotopic (exact) mass is 448 g/mol. The first kappa shape index (κ1) is 23.9. The Labute approximate surface area is 174 Å².